The molecule has 0 aliphatic heterocycles. The van der Waals surface area contributed by atoms with E-state index in [0.717, 1.165) is 18.7 Å². The Kier molecular flexibility index (Phi) is 5.68. The average molecular weight is 241 g/mol. The fourth-order valence-electron chi connectivity index (χ4n) is 1.61. The zero-order valence-electron chi connectivity index (χ0n) is 9.98. The van der Waals surface area contributed by atoms with Crippen molar-refractivity contribution in [2.24, 2.45) is 5.84 Å². The summed E-state index contributed by atoms with van der Waals surface area (Å²) in [5.74, 6) is 4.89. The molecule has 0 aromatic carbocycles. The lowest BCUT2D eigenvalue weighted by Crippen LogP contribution is -2.31. The van der Waals surface area contributed by atoms with Crippen molar-refractivity contribution < 1.29 is 14.3 Å². The third-order valence-corrected chi connectivity index (χ3v) is 2.56. The quantitative estimate of drug-likeness (QED) is 0.357. The molecule has 1 aromatic rings. The third-order valence-electron chi connectivity index (χ3n) is 2.56. The maximum absolute atomic E-state index is 11.4. The number of amides is 1. The zero-order valence-corrected chi connectivity index (χ0v) is 9.98. The lowest BCUT2D eigenvalue weighted by molar-refractivity contribution is 0.0923. The molecule has 0 atom stereocenters. The molecule has 6 heteroatoms. The van der Waals surface area contributed by atoms with Gasteiger partial charge in [0.15, 0.2) is 5.76 Å². The van der Waals surface area contributed by atoms with Crippen LogP contribution in [-0.4, -0.2) is 35.6 Å². The topological polar surface area (TPSA) is 91.7 Å². The summed E-state index contributed by atoms with van der Waals surface area (Å²) in [5.41, 5.74) is 2.85. The fraction of sp³-hybridized carbons (Fsp3) is 0.545. The number of nitrogen functional groups attached to an aromatic ring is 1. The first-order valence-corrected chi connectivity index (χ1v) is 5.63. The minimum atomic E-state index is -0.428. The standard InChI is InChI=1S/C11H19N3O3/c1-2-14(5-3-6-15)8-9-4-7-17-10(9)11(16)13-12/h4,7,15H,2-3,5-6,8,12H2,1H3,(H,13,16). The van der Waals surface area contributed by atoms with Gasteiger partial charge in [0.25, 0.3) is 0 Å². The Hall–Kier alpha value is -1.37. The Morgan fingerprint density at radius 2 is 2.41 bits per heavy atom. The molecule has 0 aliphatic carbocycles. The van der Waals surface area contributed by atoms with Gasteiger partial charge >= 0.3 is 5.91 Å². The number of aliphatic hydroxyl groups excluding tert-OH is 1. The minimum absolute atomic E-state index is 0.165. The number of rotatable bonds is 7. The Bertz CT molecular complexity index is 351. The molecule has 0 aliphatic rings. The maximum atomic E-state index is 11.4. The summed E-state index contributed by atoms with van der Waals surface area (Å²) >= 11 is 0. The lowest BCUT2D eigenvalue weighted by Gasteiger charge is -2.19. The SMILES string of the molecule is CCN(CCCO)Cc1ccoc1C(=O)NN. The van der Waals surface area contributed by atoms with E-state index < -0.39 is 5.91 Å². The van der Waals surface area contributed by atoms with Gasteiger partial charge in [0, 0.05) is 25.3 Å². The number of aliphatic hydroxyl groups is 1. The van der Waals surface area contributed by atoms with E-state index in [-0.39, 0.29) is 12.4 Å². The van der Waals surface area contributed by atoms with Gasteiger partial charge < -0.3 is 9.52 Å². The van der Waals surface area contributed by atoms with E-state index in [1.165, 1.54) is 6.26 Å². The van der Waals surface area contributed by atoms with Gasteiger partial charge in [0.05, 0.1) is 6.26 Å². The molecule has 6 nitrogen and oxygen atoms in total. The molecule has 0 saturated heterocycles. The van der Waals surface area contributed by atoms with Crippen molar-refractivity contribution >= 4 is 5.91 Å². The van der Waals surface area contributed by atoms with Crippen LogP contribution < -0.4 is 11.3 Å². The first-order chi connectivity index (χ1) is 8.22. The highest BCUT2D eigenvalue weighted by Crippen LogP contribution is 2.13. The monoisotopic (exact) mass is 241 g/mol. The fourth-order valence-corrected chi connectivity index (χ4v) is 1.61. The number of hydrogen-bond donors (Lipinski definition) is 3. The van der Waals surface area contributed by atoms with Crippen LogP contribution in [-0.2, 0) is 6.54 Å². The summed E-state index contributed by atoms with van der Waals surface area (Å²) in [6, 6.07) is 1.76. The predicted octanol–water partition coefficient (Wildman–Crippen LogP) is 0.0874. The summed E-state index contributed by atoms with van der Waals surface area (Å²) in [6.45, 7) is 4.42. The van der Waals surface area contributed by atoms with Crippen LogP contribution in [0.2, 0.25) is 0 Å². The van der Waals surface area contributed by atoms with Crippen LogP contribution in [0.25, 0.3) is 0 Å². The van der Waals surface area contributed by atoms with Gasteiger partial charge in [-0.05, 0) is 19.0 Å². The summed E-state index contributed by atoms with van der Waals surface area (Å²) < 4.78 is 5.10. The van der Waals surface area contributed by atoms with Gasteiger partial charge in [0.2, 0.25) is 0 Å². The second-order valence-electron chi connectivity index (χ2n) is 3.69. The number of hydrogen-bond acceptors (Lipinski definition) is 5. The summed E-state index contributed by atoms with van der Waals surface area (Å²) in [5, 5.41) is 8.79. The molecule has 0 radical (unpaired) electrons. The first-order valence-electron chi connectivity index (χ1n) is 5.63. The molecule has 1 heterocycles. The van der Waals surface area contributed by atoms with Gasteiger partial charge in [-0.1, -0.05) is 6.92 Å². The van der Waals surface area contributed by atoms with E-state index in [4.69, 9.17) is 15.4 Å². The van der Waals surface area contributed by atoms with Crippen LogP contribution in [0, 0.1) is 0 Å². The molecular formula is C11H19N3O3. The van der Waals surface area contributed by atoms with Crippen molar-refractivity contribution in [3.05, 3.63) is 23.7 Å². The summed E-state index contributed by atoms with van der Waals surface area (Å²) in [4.78, 5) is 13.5. The van der Waals surface area contributed by atoms with Gasteiger partial charge in [-0.3, -0.25) is 15.1 Å². The van der Waals surface area contributed by atoms with Crippen molar-refractivity contribution in [1.29, 1.82) is 0 Å². The number of nitrogens with one attached hydrogen (secondary N) is 1. The Labute approximate surface area is 100 Å². The summed E-state index contributed by atoms with van der Waals surface area (Å²) in [7, 11) is 0. The highest BCUT2D eigenvalue weighted by atomic mass is 16.3. The van der Waals surface area contributed by atoms with Crippen LogP contribution in [0.4, 0.5) is 0 Å². The van der Waals surface area contributed by atoms with E-state index in [1.54, 1.807) is 6.07 Å². The molecule has 0 saturated carbocycles. The lowest BCUT2D eigenvalue weighted by atomic mass is 10.2. The van der Waals surface area contributed by atoms with Crippen LogP contribution in [0.1, 0.15) is 29.5 Å². The number of carbonyl (C=O) groups is 1. The Morgan fingerprint density at radius 1 is 1.65 bits per heavy atom. The number of furan rings is 1. The summed E-state index contributed by atoms with van der Waals surface area (Å²) in [6.07, 6.45) is 2.18. The van der Waals surface area contributed by atoms with Crippen molar-refractivity contribution in [2.75, 3.05) is 19.7 Å². The number of nitrogens with two attached hydrogens (primary N) is 1. The molecule has 1 aromatic heterocycles. The molecule has 4 N–H and O–H groups in total. The van der Waals surface area contributed by atoms with Crippen LogP contribution in [0.3, 0.4) is 0 Å². The predicted molar refractivity (Wildman–Crippen MR) is 63.0 cm³/mol. The van der Waals surface area contributed by atoms with Crippen molar-refractivity contribution in [2.45, 2.75) is 19.9 Å². The second-order valence-corrected chi connectivity index (χ2v) is 3.69. The van der Waals surface area contributed by atoms with Gasteiger partial charge in [-0.2, -0.15) is 0 Å². The number of nitrogens with zero attached hydrogens (tertiary/aromatic N) is 1. The van der Waals surface area contributed by atoms with Gasteiger partial charge in [0.1, 0.15) is 0 Å². The van der Waals surface area contributed by atoms with Crippen LogP contribution >= 0.6 is 0 Å². The smallest absolute Gasteiger partial charge is 0.301 e. The molecule has 0 spiro atoms. The average Bonchev–Trinajstić information content (AvgIpc) is 2.81. The number of hydrazine groups is 1. The Balaban J connectivity index is 2.66. The van der Waals surface area contributed by atoms with E-state index in [1.807, 2.05) is 6.92 Å². The Morgan fingerprint density at radius 3 is 3.00 bits per heavy atom. The first kappa shape index (κ1) is 13.7. The van der Waals surface area contributed by atoms with Crippen LogP contribution in [0.5, 0.6) is 0 Å². The highest BCUT2D eigenvalue weighted by Gasteiger charge is 2.16. The second kappa shape index (κ2) is 7.05. The van der Waals surface area contributed by atoms with Crippen molar-refractivity contribution in [3.63, 3.8) is 0 Å². The number of carbonyl (C=O) groups excluding carboxylic acids is 1. The van der Waals surface area contributed by atoms with E-state index in [0.29, 0.717) is 13.0 Å². The minimum Gasteiger partial charge on any atom is -0.459 e. The molecule has 17 heavy (non-hydrogen) atoms. The molecule has 1 amide bonds. The van der Waals surface area contributed by atoms with Crippen molar-refractivity contribution in [1.82, 2.24) is 10.3 Å². The zero-order chi connectivity index (χ0) is 12.7. The van der Waals surface area contributed by atoms with E-state index >= 15 is 0 Å². The largest absolute Gasteiger partial charge is 0.459 e. The molecule has 0 bridgehead atoms. The molecule has 0 fully saturated rings. The van der Waals surface area contributed by atoms with Crippen molar-refractivity contribution in [3.8, 4) is 0 Å². The van der Waals surface area contributed by atoms with E-state index in [9.17, 15) is 4.79 Å². The maximum Gasteiger partial charge on any atom is 0.301 e. The third kappa shape index (κ3) is 3.85. The normalized spacial score (nSPS) is 10.8. The molecule has 96 valence electrons. The molecule has 0 unspecified atom stereocenters. The van der Waals surface area contributed by atoms with Gasteiger partial charge in [-0.15, -0.1) is 0 Å². The molecular weight excluding hydrogens is 222 g/mol. The van der Waals surface area contributed by atoms with Crippen LogP contribution in [0.15, 0.2) is 16.7 Å². The van der Waals surface area contributed by atoms with Gasteiger partial charge in [-0.25, -0.2) is 5.84 Å². The van der Waals surface area contributed by atoms with E-state index in [2.05, 4.69) is 10.3 Å². The molecule has 1 rings (SSSR count). The highest BCUT2D eigenvalue weighted by molar-refractivity contribution is 5.92.